The Balaban J connectivity index is 2.93. The minimum Gasteiger partial charge on any atom is -0.397 e. The fraction of sp³-hybridized carbons (Fsp3) is 0.143. The number of nitrogens with one attached hydrogen (secondary N) is 1. The molecule has 2 aromatic heterocycles. The van der Waals surface area contributed by atoms with Crippen LogP contribution in [0.2, 0.25) is 0 Å². The van der Waals surface area contributed by atoms with Crippen molar-refractivity contribution >= 4 is 16.7 Å². The quantitative estimate of drug-likeness (QED) is 0.582. The first-order valence-corrected chi connectivity index (χ1v) is 3.33. The second kappa shape index (κ2) is 1.95. The maximum Gasteiger partial charge on any atom is 0.155 e. The molecule has 0 spiro atoms. The predicted octanol–water partition coefficient (Wildman–Crippen LogP) is 0.849. The van der Waals surface area contributed by atoms with Crippen LogP contribution in [0.15, 0.2) is 12.4 Å². The van der Waals surface area contributed by atoms with Gasteiger partial charge in [0.05, 0.1) is 18.1 Å². The highest BCUT2D eigenvalue weighted by Crippen LogP contribution is 2.18. The van der Waals surface area contributed by atoms with Gasteiger partial charge in [0.2, 0.25) is 0 Å². The molecule has 4 heteroatoms. The Hall–Kier alpha value is -1.58. The first-order valence-electron chi connectivity index (χ1n) is 3.33. The smallest absolute Gasteiger partial charge is 0.155 e. The van der Waals surface area contributed by atoms with Crippen LogP contribution in [0, 0.1) is 6.92 Å². The van der Waals surface area contributed by atoms with Crippen molar-refractivity contribution < 1.29 is 0 Å². The summed E-state index contributed by atoms with van der Waals surface area (Å²) in [7, 11) is 0. The van der Waals surface area contributed by atoms with Crippen molar-refractivity contribution in [1.29, 1.82) is 0 Å². The summed E-state index contributed by atoms with van der Waals surface area (Å²) in [6, 6.07) is 0. The Labute approximate surface area is 63.4 Å². The van der Waals surface area contributed by atoms with Crippen molar-refractivity contribution in [2.45, 2.75) is 6.92 Å². The van der Waals surface area contributed by atoms with E-state index in [2.05, 4.69) is 15.2 Å². The van der Waals surface area contributed by atoms with E-state index < -0.39 is 0 Å². The Morgan fingerprint density at radius 2 is 2.27 bits per heavy atom. The van der Waals surface area contributed by atoms with Crippen molar-refractivity contribution in [3.63, 3.8) is 0 Å². The van der Waals surface area contributed by atoms with Gasteiger partial charge < -0.3 is 5.73 Å². The summed E-state index contributed by atoms with van der Waals surface area (Å²) in [5, 5.41) is 7.62. The molecule has 0 radical (unpaired) electrons. The molecule has 0 aromatic carbocycles. The molecule has 0 aliphatic carbocycles. The molecule has 0 fully saturated rings. The molecule has 0 saturated carbocycles. The van der Waals surface area contributed by atoms with Crippen LogP contribution in [0.25, 0.3) is 11.0 Å². The average molecular weight is 148 g/mol. The molecule has 2 aromatic rings. The Kier molecular flexibility index (Phi) is 1.09. The number of aryl methyl sites for hydroxylation is 1. The summed E-state index contributed by atoms with van der Waals surface area (Å²) in [5.74, 6) is 0. The van der Waals surface area contributed by atoms with E-state index in [0.29, 0.717) is 5.69 Å². The van der Waals surface area contributed by atoms with Crippen LogP contribution in [0.4, 0.5) is 5.69 Å². The number of aromatic nitrogens is 3. The van der Waals surface area contributed by atoms with Gasteiger partial charge in [-0.15, -0.1) is 0 Å². The van der Waals surface area contributed by atoms with Gasteiger partial charge in [0, 0.05) is 5.39 Å². The fourth-order valence-corrected chi connectivity index (χ4v) is 1.04. The minimum absolute atomic E-state index is 0.707. The van der Waals surface area contributed by atoms with Gasteiger partial charge in [-0.3, -0.25) is 5.10 Å². The first-order chi connectivity index (χ1) is 5.29. The molecule has 2 heterocycles. The number of nitrogen functional groups attached to an aromatic ring is 1. The summed E-state index contributed by atoms with van der Waals surface area (Å²) < 4.78 is 0. The molecule has 2 rings (SSSR count). The number of hydrogen-bond acceptors (Lipinski definition) is 3. The molecule has 0 amide bonds. The van der Waals surface area contributed by atoms with Crippen LogP contribution < -0.4 is 5.73 Å². The van der Waals surface area contributed by atoms with Gasteiger partial charge in [0.1, 0.15) is 0 Å². The number of hydrogen-bond donors (Lipinski definition) is 2. The maximum atomic E-state index is 5.64. The number of nitrogens with two attached hydrogens (primary N) is 1. The molecule has 0 unspecified atom stereocenters. The molecule has 11 heavy (non-hydrogen) atoms. The van der Waals surface area contributed by atoms with E-state index in [1.807, 2.05) is 6.92 Å². The normalized spacial score (nSPS) is 10.6. The van der Waals surface area contributed by atoms with Crippen LogP contribution >= 0.6 is 0 Å². The number of aromatic amines is 1. The predicted molar refractivity (Wildman–Crippen MR) is 43.0 cm³/mol. The molecule has 0 bridgehead atoms. The van der Waals surface area contributed by atoms with Gasteiger partial charge in [-0.05, 0) is 12.5 Å². The van der Waals surface area contributed by atoms with Crippen molar-refractivity contribution in [2.24, 2.45) is 0 Å². The molecular weight excluding hydrogens is 140 g/mol. The second-order valence-electron chi connectivity index (χ2n) is 2.47. The highest BCUT2D eigenvalue weighted by molar-refractivity contribution is 5.82. The van der Waals surface area contributed by atoms with E-state index in [-0.39, 0.29) is 0 Å². The lowest BCUT2D eigenvalue weighted by Gasteiger charge is -1.97. The Morgan fingerprint density at radius 1 is 1.45 bits per heavy atom. The number of fused-ring (bicyclic) bond motifs is 1. The van der Waals surface area contributed by atoms with E-state index in [1.54, 1.807) is 12.4 Å². The zero-order chi connectivity index (χ0) is 7.84. The summed E-state index contributed by atoms with van der Waals surface area (Å²) >= 11 is 0. The van der Waals surface area contributed by atoms with Crippen molar-refractivity contribution in [1.82, 2.24) is 15.2 Å². The van der Waals surface area contributed by atoms with Crippen molar-refractivity contribution in [3.05, 3.63) is 18.0 Å². The minimum atomic E-state index is 0.707. The topological polar surface area (TPSA) is 67.6 Å². The summed E-state index contributed by atoms with van der Waals surface area (Å²) in [6.45, 7) is 1.95. The van der Waals surface area contributed by atoms with E-state index in [4.69, 9.17) is 5.73 Å². The average Bonchev–Trinajstić information content (AvgIpc) is 2.45. The second-order valence-corrected chi connectivity index (χ2v) is 2.47. The molecule has 0 saturated heterocycles. The number of pyridine rings is 1. The molecule has 56 valence electrons. The number of nitrogens with zero attached hydrogens (tertiary/aromatic N) is 2. The zero-order valence-corrected chi connectivity index (χ0v) is 6.13. The third-order valence-corrected chi connectivity index (χ3v) is 1.79. The maximum absolute atomic E-state index is 5.64. The lowest BCUT2D eigenvalue weighted by atomic mass is 10.2. The molecule has 0 aliphatic rings. The SMILES string of the molecule is Cc1c(N)cnc2[nH]ncc12. The molecular formula is C7H8N4. The monoisotopic (exact) mass is 148 g/mol. The van der Waals surface area contributed by atoms with Crippen LogP contribution in [-0.2, 0) is 0 Å². The lowest BCUT2D eigenvalue weighted by Crippen LogP contribution is -1.91. The van der Waals surface area contributed by atoms with E-state index >= 15 is 0 Å². The first kappa shape index (κ1) is 6.15. The standard InChI is InChI=1S/C7H8N4/c1-4-5-2-10-11-7(5)9-3-6(4)8/h2-3H,8H2,1H3,(H,9,10,11). The highest BCUT2D eigenvalue weighted by atomic mass is 15.1. The van der Waals surface area contributed by atoms with Gasteiger partial charge in [-0.25, -0.2) is 4.98 Å². The Bertz CT molecular complexity index is 390. The number of H-pyrrole nitrogens is 1. The van der Waals surface area contributed by atoms with Gasteiger partial charge in [0.15, 0.2) is 5.65 Å². The molecule has 0 aliphatic heterocycles. The lowest BCUT2D eigenvalue weighted by molar-refractivity contribution is 1.10. The van der Waals surface area contributed by atoms with Crippen LogP contribution in [0.1, 0.15) is 5.56 Å². The van der Waals surface area contributed by atoms with E-state index in [9.17, 15) is 0 Å². The molecule has 0 atom stereocenters. The zero-order valence-electron chi connectivity index (χ0n) is 6.13. The fourth-order valence-electron chi connectivity index (χ4n) is 1.04. The summed E-state index contributed by atoms with van der Waals surface area (Å²) in [5.41, 5.74) is 8.17. The van der Waals surface area contributed by atoms with E-state index in [1.165, 1.54) is 0 Å². The van der Waals surface area contributed by atoms with Crippen LogP contribution in [0.5, 0.6) is 0 Å². The van der Waals surface area contributed by atoms with E-state index in [0.717, 1.165) is 16.6 Å². The highest BCUT2D eigenvalue weighted by Gasteiger charge is 2.01. The van der Waals surface area contributed by atoms with Gasteiger partial charge in [-0.2, -0.15) is 5.10 Å². The summed E-state index contributed by atoms with van der Waals surface area (Å²) in [6.07, 6.45) is 3.36. The number of rotatable bonds is 0. The largest absolute Gasteiger partial charge is 0.397 e. The van der Waals surface area contributed by atoms with Gasteiger partial charge in [0.25, 0.3) is 0 Å². The third kappa shape index (κ3) is 0.756. The van der Waals surface area contributed by atoms with Crippen molar-refractivity contribution in [3.8, 4) is 0 Å². The Morgan fingerprint density at radius 3 is 3.09 bits per heavy atom. The van der Waals surface area contributed by atoms with Crippen molar-refractivity contribution in [2.75, 3.05) is 5.73 Å². The third-order valence-electron chi connectivity index (χ3n) is 1.79. The molecule has 4 nitrogen and oxygen atoms in total. The summed E-state index contributed by atoms with van der Waals surface area (Å²) in [4.78, 5) is 4.06. The number of anilines is 1. The van der Waals surface area contributed by atoms with Gasteiger partial charge >= 0.3 is 0 Å². The van der Waals surface area contributed by atoms with Gasteiger partial charge in [-0.1, -0.05) is 0 Å². The molecule has 3 N–H and O–H groups in total. The van der Waals surface area contributed by atoms with Crippen LogP contribution in [-0.4, -0.2) is 15.2 Å². The van der Waals surface area contributed by atoms with Crippen LogP contribution in [0.3, 0.4) is 0 Å².